The van der Waals surface area contributed by atoms with Crippen LogP contribution in [0.3, 0.4) is 0 Å². The van der Waals surface area contributed by atoms with Gasteiger partial charge < -0.3 is 14.7 Å². The van der Waals surface area contributed by atoms with Crippen molar-refractivity contribution in [3.63, 3.8) is 0 Å². The molecule has 0 aliphatic carbocycles. The maximum absolute atomic E-state index is 12.3. The van der Waals surface area contributed by atoms with Crippen molar-refractivity contribution < 1.29 is 9.32 Å². The van der Waals surface area contributed by atoms with Gasteiger partial charge in [-0.25, -0.2) is 0 Å². The molecule has 2 rings (SSSR count). The predicted octanol–water partition coefficient (Wildman–Crippen LogP) is 2.59. The van der Waals surface area contributed by atoms with Gasteiger partial charge in [0.1, 0.15) is 17.0 Å². The number of likely N-dealkylation sites (N-methyl/N-ethyl adjacent to an activating group) is 1. The van der Waals surface area contributed by atoms with Gasteiger partial charge in [0.15, 0.2) is 0 Å². The molecule has 1 aromatic carbocycles. The molecule has 1 aromatic heterocycles. The number of benzene rings is 1. The van der Waals surface area contributed by atoms with Crippen LogP contribution in [0.2, 0.25) is 5.02 Å². The number of nitrogens with zero attached hydrogens (tertiary/aromatic N) is 2. The molecule has 6 heteroatoms. The molecule has 0 bridgehead atoms. The van der Waals surface area contributed by atoms with Gasteiger partial charge >= 0.3 is 0 Å². The molecule has 0 unspecified atom stereocenters. The van der Waals surface area contributed by atoms with Crippen LogP contribution in [0.4, 0.5) is 0 Å². The highest BCUT2D eigenvalue weighted by Gasteiger charge is 2.22. The molecule has 0 saturated heterocycles. The zero-order valence-electron chi connectivity index (χ0n) is 12.3. The maximum atomic E-state index is 12.3. The van der Waals surface area contributed by atoms with Crippen LogP contribution in [0.1, 0.15) is 16.1 Å². The van der Waals surface area contributed by atoms with E-state index in [1.165, 1.54) is 0 Å². The molecule has 0 aliphatic heterocycles. The molecule has 0 aliphatic rings. The van der Waals surface area contributed by atoms with E-state index in [1.807, 2.05) is 37.2 Å². The highest BCUT2D eigenvalue weighted by molar-refractivity contribution is 6.33. The summed E-state index contributed by atoms with van der Waals surface area (Å²) < 4.78 is 5.17. The summed E-state index contributed by atoms with van der Waals surface area (Å²) >= 11 is 6.17. The van der Waals surface area contributed by atoms with Crippen LogP contribution < -0.4 is 5.32 Å². The third-order valence-corrected chi connectivity index (χ3v) is 3.39. The van der Waals surface area contributed by atoms with Crippen molar-refractivity contribution in [2.24, 2.45) is 0 Å². The highest BCUT2D eigenvalue weighted by Crippen LogP contribution is 2.30. The van der Waals surface area contributed by atoms with E-state index in [-0.39, 0.29) is 5.91 Å². The van der Waals surface area contributed by atoms with Crippen LogP contribution in [-0.4, -0.2) is 43.1 Å². The second-order valence-electron chi connectivity index (χ2n) is 5.00. The zero-order chi connectivity index (χ0) is 15.4. The number of hydrogen-bond acceptors (Lipinski definition) is 4. The first-order valence-corrected chi connectivity index (χ1v) is 7.02. The standard InChI is InChI=1S/C15H18ClN3O2/c1-10-13(15(20)17-8-9-19(2)3)14(18-21-10)11-6-4-5-7-12(11)16/h4-7H,8-9H2,1-3H3,(H,17,20). The fourth-order valence-corrected chi connectivity index (χ4v) is 2.18. The lowest BCUT2D eigenvalue weighted by atomic mass is 10.1. The van der Waals surface area contributed by atoms with Crippen molar-refractivity contribution in [1.82, 2.24) is 15.4 Å². The second kappa shape index (κ2) is 6.74. The SMILES string of the molecule is Cc1onc(-c2ccccc2Cl)c1C(=O)NCCN(C)C. The zero-order valence-corrected chi connectivity index (χ0v) is 13.1. The van der Waals surface area contributed by atoms with Crippen LogP contribution in [0, 0.1) is 6.92 Å². The van der Waals surface area contributed by atoms with E-state index in [1.54, 1.807) is 13.0 Å². The van der Waals surface area contributed by atoms with Gasteiger partial charge in [0.05, 0.1) is 5.02 Å². The highest BCUT2D eigenvalue weighted by atomic mass is 35.5. The second-order valence-corrected chi connectivity index (χ2v) is 5.41. The molecular weight excluding hydrogens is 290 g/mol. The molecule has 0 atom stereocenters. The van der Waals surface area contributed by atoms with Crippen molar-refractivity contribution in [3.8, 4) is 11.3 Å². The molecule has 0 saturated carbocycles. The van der Waals surface area contributed by atoms with Gasteiger partial charge in [-0.2, -0.15) is 0 Å². The van der Waals surface area contributed by atoms with Crippen LogP contribution >= 0.6 is 11.6 Å². The summed E-state index contributed by atoms with van der Waals surface area (Å²) in [6, 6.07) is 7.25. The fourth-order valence-electron chi connectivity index (χ4n) is 1.96. The normalized spacial score (nSPS) is 10.9. The minimum Gasteiger partial charge on any atom is -0.360 e. The number of halogens is 1. The van der Waals surface area contributed by atoms with Crippen molar-refractivity contribution in [3.05, 3.63) is 40.6 Å². The Kier molecular flexibility index (Phi) is 4.98. The maximum Gasteiger partial charge on any atom is 0.257 e. The Hall–Kier alpha value is -1.85. The van der Waals surface area contributed by atoms with Crippen LogP contribution in [0.5, 0.6) is 0 Å². The Morgan fingerprint density at radius 3 is 2.76 bits per heavy atom. The van der Waals surface area contributed by atoms with E-state index >= 15 is 0 Å². The minimum atomic E-state index is -0.203. The van der Waals surface area contributed by atoms with Crippen LogP contribution in [-0.2, 0) is 0 Å². The van der Waals surface area contributed by atoms with Gasteiger partial charge in [0.25, 0.3) is 5.91 Å². The molecule has 1 heterocycles. The molecule has 1 amide bonds. The van der Waals surface area contributed by atoms with E-state index in [0.29, 0.717) is 34.1 Å². The monoisotopic (exact) mass is 307 g/mol. The molecule has 5 nitrogen and oxygen atoms in total. The summed E-state index contributed by atoms with van der Waals surface area (Å²) in [5, 5.41) is 7.38. The first-order valence-electron chi connectivity index (χ1n) is 6.64. The molecule has 0 spiro atoms. The number of nitrogens with one attached hydrogen (secondary N) is 1. The molecule has 2 aromatic rings. The number of carbonyl (C=O) groups is 1. The topological polar surface area (TPSA) is 58.4 Å². The summed E-state index contributed by atoms with van der Waals surface area (Å²) in [7, 11) is 3.90. The first-order chi connectivity index (χ1) is 10.0. The molecule has 112 valence electrons. The van der Waals surface area contributed by atoms with E-state index in [9.17, 15) is 4.79 Å². The number of aryl methyl sites for hydroxylation is 1. The summed E-state index contributed by atoms with van der Waals surface area (Å²) in [6.45, 7) is 3.03. The Morgan fingerprint density at radius 2 is 2.10 bits per heavy atom. The first kappa shape index (κ1) is 15.5. The number of hydrogen-bond donors (Lipinski definition) is 1. The molecule has 0 radical (unpaired) electrons. The van der Waals surface area contributed by atoms with Crippen LogP contribution in [0.25, 0.3) is 11.3 Å². The van der Waals surface area contributed by atoms with E-state index in [2.05, 4.69) is 10.5 Å². The van der Waals surface area contributed by atoms with Gasteiger partial charge in [-0.1, -0.05) is 35.0 Å². The molecule has 0 fully saturated rings. The van der Waals surface area contributed by atoms with E-state index in [0.717, 1.165) is 6.54 Å². The number of aromatic nitrogens is 1. The van der Waals surface area contributed by atoms with E-state index < -0.39 is 0 Å². The Bertz CT molecular complexity index is 638. The van der Waals surface area contributed by atoms with Crippen LogP contribution in [0.15, 0.2) is 28.8 Å². The van der Waals surface area contributed by atoms with Gasteiger partial charge in [-0.05, 0) is 27.1 Å². The minimum absolute atomic E-state index is 0.203. The number of carbonyl (C=O) groups excluding carboxylic acids is 1. The smallest absolute Gasteiger partial charge is 0.257 e. The average Bonchev–Trinajstić information content (AvgIpc) is 2.80. The predicted molar refractivity (Wildman–Crippen MR) is 82.6 cm³/mol. The summed E-state index contributed by atoms with van der Waals surface area (Å²) in [4.78, 5) is 14.3. The lowest BCUT2D eigenvalue weighted by molar-refractivity contribution is 0.0950. The third kappa shape index (κ3) is 3.62. The van der Waals surface area contributed by atoms with Gasteiger partial charge in [-0.15, -0.1) is 0 Å². The summed E-state index contributed by atoms with van der Waals surface area (Å²) in [6.07, 6.45) is 0. The van der Waals surface area contributed by atoms with E-state index in [4.69, 9.17) is 16.1 Å². The molecular formula is C15H18ClN3O2. The quantitative estimate of drug-likeness (QED) is 0.922. The van der Waals surface area contributed by atoms with Gasteiger partial charge in [0, 0.05) is 18.7 Å². The van der Waals surface area contributed by atoms with Crippen molar-refractivity contribution in [2.45, 2.75) is 6.92 Å². The number of amides is 1. The summed E-state index contributed by atoms with van der Waals surface area (Å²) in [5.74, 6) is 0.276. The average molecular weight is 308 g/mol. The van der Waals surface area contributed by atoms with Crippen molar-refractivity contribution >= 4 is 17.5 Å². The Morgan fingerprint density at radius 1 is 1.38 bits per heavy atom. The van der Waals surface area contributed by atoms with Gasteiger partial charge in [0.2, 0.25) is 0 Å². The van der Waals surface area contributed by atoms with Gasteiger partial charge in [-0.3, -0.25) is 4.79 Å². The lowest BCUT2D eigenvalue weighted by Gasteiger charge is -2.10. The lowest BCUT2D eigenvalue weighted by Crippen LogP contribution is -2.31. The fraction of sp³-hybridized carbons (Fsp3) is 0.333. The third-order valence-electron chi connectivity index (χ3n) is 3.06. The Balaban J connectivity index is 2.26. The summed E-state index contributed by atoms with van der Waals surface area (Å²) in [5.41, 5.74) is 1.59. The molecule has 21 heavy (non-hydrogen) atoms. The largest absolute Gasteiger partial charge is 0.360 e. The van der Waals surface area contributed by atoms with Crippen molar-refractivity contribution in [2.75, 3.05) is 27.2 Å². The van der Waals surface area contributed by atoms with Crippen molar-refractivity contribution in [1.29, 1.82) is 0 Å². The Labute approximate surface area is 128 Å². The number of rotatable bonds is 5. The molecule has 1 N–H and O–H groups in total.